The summed E-state index contributed by atoms with van der Waals surface area (Å²) < 4.78 is 7.22. The molecule has 0 saturated carbocycles. The predicted molar refractivity (Wildman–Crippen MR) is 130 cm³/mol. The van der Waals surface area contributed by atoms with E-state index in [1.165, 1.54) is 16.5 Å². The van der Waals surface area contributed by atoms with Crippen molar-refractivity contribution in [2.75, 3.05) is 24.9 Å². The number of aromatic nitrogens is 1. The highest BCUT2D eigenvalue weighted by molar-refractivity contribution is 7.98. The molecule has 0 radical (unpaired) electrons. The number of ether oxygens (including phenoxy) is 1. The van der Waals surface area contributed by atoms with Crippen LogP contribution in [-0.4, -0.2) is 46.5 Å². The third-order valence-corrected chi connectivity index (χ3v) is 8.11. The quantitative estimate of drug-likeness (QED) is 0.612. The van der Waals surface area contributed by atoms with E-state index in [1.54, 1.807) is 27.5 Å². The zero-order valence-corrected chi connectivity index (χ0v) is 19.4. The Labute approximate surface area is 201 Å². The van der Waals surface area contributed by atoms with Gasteiger partial charge in [0.15, 0.2) is 11.4 Å². The minimum Gasteiger partial charge on any atom is -0.502 e. The van der Waals surface area contributed by atoms with Crippen molar-refractivity contribution in [1.82, 2.24) is 9.58 Å². The maximum Gasteiger partial charge on any atom is 0.278 e. The summed E-state index contributed by atoms with van der Waals surface area (Å²) in [5.41, 5.74) is 3.01. The number of pyridine rings is 1. The molecule has 1 amide bonds. The van der Waals surface area contributed by atoms with E-state index in [1.807, 2.05) is 18.2 Å². The Morgan fingerprint density at radius 2 is 1.68 bits per heavy atom. The smallest absolute Gasteiger partial charge is 0.278 e. The number of thioether (sulfide) groups is 1. The normalized spacial score (nSPS) is 20.4. The van der Waals surface area contributed by atoms with Gasteiger partial charge >= 0.3 is 0 Å². The van der Waals surface area contributed by atoms with Crippen LogP contribution in [0.5, 0.6) is 5.75 Å². The molecule has 1 fully saturated rings. The fourth-order valence-electron chi connectivity index (χ4n) is 5.25. The first-order chi connectivity index (χ1) is 16.6. The van der Waals surface area contributed by atoms with Gasteiger partial charge in [-0.1, -0.05) is 42.5 Å². The molecule has 1 N–H and O–H groups in total. The molecule has 6 rings (SSSR count). The Hall–Kier alpha value is -3.23. The highest BCUT2D eigenvalue weighted by Gasteiger charge is 2.41. The lowest BCUT2D eigenvalue weighted by atomic mass is 9.94. The maximum atomic E-state index is 13.6. The molecule has 1 atom stereocenters. The van der Waals surface area contributed by atoms with Gasteiger partial charge in [-0.15, -0.1) is 11.8 Å². The molecule has 1 saturated heterocycles. The number of rotatable bonds is 2. The highest BCUT2D eigenvalue weighted by atomic mass is 32.2. The second-order valence-corrected chi connectivity index (χ2v) is 9.87. The molecule has 0 aliphatic carbocycles. The molecule has 0 unspecified atom stereocenters. The molecule has 3 aromatic rings. The summed E-state index contributed by atoms with van der Waals surface area (Å²) in [6.45, 7) is 1.53. The first-order valence-corrected chi connectivity index (χ1v) is 12.5. The lowest BCUT2D eigenvalue weighted by Gasteiger charge is -2.47. The van der Waals surface area contributed by atoms with Crippen LogP contribution in [0.3, 0.4) is 0 Å². The zero-order chi connectivity index (χ0) is 23.2. The molecule has 3 aliphatic heterocycles. The summed E-state index contributed by atoms with van der Waals surface area (Å²) >= 11 is 1.80. The van der Waals surface area contributed by atoms with Crippen LogP contribution < -0.4 is 10.4 Å². The largest absolute Gasteiger partial charge is 0.502 e. The Balaban J connectivity index is 1.57. The van der Waals surface area contributed by atoms with Crippen LogP contribution in [-0.2, 0) is 10.5 Å². The van der Waals surface area contributed by atoms with Gasteiger partial charge in [0, 0.05) is 42.2 Å². The number of aromatic hydroxyl groups is 1. The molecule has 4 heterocycles. The number of carbonyl (C=O) groups excluding carboxylic acids is 1. The lowest BCUT2D eigenvalue weighted by molar-refractivity contribution is 0.0218. The van der Waals surface area contributed by atoms with Gasteiger partial charge in [-0.2, -0.15) is 0 Å². The van der Waals surface area contributed by atoms with Crippen molar-refractivity contribution in [3.8, 4) is 5.75 Å². The summed E-state index contributed by atoms with van der Waals surface area (Å²) in [5, 5.41) is 12.9. The number of nitrogens with zero attached hydrogens (tertiary/aromatic N) is 3. The fraction of sp³-hybridized carbons (Fsp3) is 0.308. The molecule has 8 heteroatoms. The maximum absolute atomic E-state index is 13.6. The van der Waals surface area contributed by atoms with E-state index in [2.05, 4.69) is 35.3 Å². The van der Waals surface area contributed by atoms with Crippen LogP contribution in [0.25, 0.3) is 0 Å². The van der Waals surface area contributed by atoms with Gasteiger partial charge in [0.2, 0.25) is 5.43 Å². The van der Waals surface area contributed by atoms with Crippen molar-refractivity contribution in [3.63, 3.8) is 0 Å². The van der Waals surface area contributed by atoms with Gasteiger partial charge in [0.25, 0.3) is 5.91 Å². The van der Waals surface area contributed by atoms with Crippen molar-refractivity contribution >= 4 is 17.7 Å². The van der Waals surface area contributed by atoms with E-state index in [-0.39, 0.29) is 23.7 Å². The summed E-state index contributed by atoms with van der Waals surface area (Å²) in [7, 11) is 0. The van der Waals surface area contributed by atoms with Crippen LogP contribution in [0.4, 0.5) is 0 Å². The standard InChI is InChI=1S/C26H25N3O4S/c30-21-9-12-28-24(25(21)31)26(32)27(18-10-13-33-14-11-18)16-29(28)23-19-6-2-1-5-17(19)15-34-22-8-4-3-7-20(22)23/h1-9,12,18,23,31H,10-11,13-16H2/t23-/m0/s1. The third-order valence-electron chi connectivity index (χ3n) is 6.97. The van der Waals surface area contributed by atoms with E-state index in [9.17, 15) is 14.7 Å². The van der Waals surface area contributed by atoms with E-state index >= 15 is 0 Å². The third kappa shape index (κ3) is 3.40. The van der Waals surface area contributed by atoms with Crippen LogP contribution in [0.15, 0.2) is 70.5 Å². The summed E-state index contributed by atoms with van der Waals surface area (Å²) in [6.07, 6.45) is 3.07. The van der Waals surface area contributed by atoms with Gasteiger partial charge in [0.1, 0.15) is 6.67 Å². The first-order valence-electron chi connectivity index (χ1n) is 11.5. The van der Waals surface area contributed by atoms with Crippen LogP contribution in [0, 0.1) is 0 Å². The molecule has 0 spiro atoms. The molecular formula is C26H25N3O4S. The summed E-state index contributed by atoms with van der Waals surface area (Å²) in [4.78, 5) is 29.0. The van der Waals surface area contributed by atoms with E-state index in [4.69, 9.17) is 4.74 Å². The summed E-state index contributed by atoms with van der Waals surface area (Å²) in [6, 6.07) is 17.8. The number of hydrogen-bond acceptors (Lipinski definition) is 6. The molecule has 0 bridgehead atoms. The molecule has 2 aromatic carbocycles. The van der Waals surface area contributed by atoms with Crippen molar-refractivity contribution in [2.24, 2.45) is 0 Å². The van der Waals surface area contributed by atoms with Gasteiger partial charge < -0.3 is 14.7 Å². The SMILES string of the molecule is O=C1c2c(O)c(=O)ccn2N([C@H]2c3ccccc3CSc3ccccc32)CN1C1CCOCC1. The average molecular weight is 476 g/mol. The molecule has 174 valence electrons. The number of fused-ring (bicyclic) bond motifs is 3. The molecule has 34 heavy (non-hydrogen) atoms. The molecule has 1 aromatic heterocycles. The number of hydrogen-bond donors (Lipinski definition) is 1. The number of carbonyl (C=O) groups is 1. The minimum atomic E-state index is -0.550. The van der Waals surface area contributed by atoms with E-state index < -0.39 is 11.2 Å². The first kappa shape index (κ1) is 21.3. The fourth-order valence-corrected chi connectivity index (χ4v) is 6.35. The molecule has 3 aliphatic rings. The number of amides is 1. The Kier molecular flexibility index (Phi) is 5.34. The van der Waals surface area contributed by atoms with Crippen LogP contribution >= 0.6 is 11.8 Å². The monoisotopic (exact) mass is 475 g/mol. The highest BCUT2D eigenvalue weighted by Crippen LogP contribution is 2.43. The number of benzene rings is 2. The van der Waals surface area contributed by atoms with Crippen molar-refractivity contribution < 1.29 is 14.6 Å². The zero-order valence-electron chi connectivity index (χ0n) is 18.6. The van der Waals surface area contributed by atoms with Gasteiger partial charge in [-0.05, 0) is 35.6 Å². The van der Waals surface area contributed by atoms with Gasteiger partial charge in [0.05, 0.1) is 6.04 Å². The Bertz CT molecular complexity index is 1270. The molecular weight excluding hydrogens is 450 g/mol. The average Bonchev–Trinajstić information content (AvgIpc) is 3.04. The second kappa shape index (κ2) is 8.52. The van der Waals surface area contributed by atoms with Crippen molar-refractivity contribution in [1.29, 1.82) is 0 Å². The van der Waals surface area contributed by atoms with E-state index in [0.29, 0.717) is 19.9 Å². The van der Waals surface area contributed by atoms with Crippen LogP contribution in [0.1, 0.15) is 46.1 Å². The lowest BCUT2D eigenvalue weighted by Crippen LogP contribution is -2.59. The van der Waals surface area contributed by atoms with Gasteiger partial charge in [-0.3, -0.25) is 19.3 Å². The van der Waals surface area contributed by atoms with Gasteiger partial charge in [-0.25, -0.2) is 0 Å². The second-order valence-electron chi connectivity index (χ2n) is 8.85. The van der Waals surface area contributed by atoms with Crippen molar-refractivity contribution in [2.45, 2.75) is 35.6 Å². The predicted octanol–water partition coefficient (Wildman–Crippen LogP) is 3.48. The Morgan fingerprint density at radius 1 is 0.941 bits per heavy atom. The minimum absolute atomic E-state index is 0.0159. The molecule has 7 nitrogen and oxygen atoms in total. The van der Waals surface area contributed by atoms with E-state index in [0.717, 1.165) is 29.7 Å². The topological polar surface area (TPSA) is 75.0 Å². The Morgan fingerprint density at radius 3 is 2.50 bits per heavy atom. The summed E-state index contributed by atoms with van der Waals surface area (Å²) in [5.74, 6) is 0.0318. The van der Waals surface area contributed by atoms with Crippen molar-refractivity contribution in [3.05, 3.63) is 93.4 Å². The van der Waals surface area contributed by atoms with Crippen LogP contribution in [0.2, 0.25) is 0 Å².